The van der Waals surface area contributed by atoms with E-state index in [2.05, 4.69) is 4.99 Å². The molecule has 0 atom stereocenters. The third-order valence-electron chi connectivity index (χ3n) is 1.52. The van der Waals surface area contributed by atoms with Crippen molar-refractivity contribution in [3.8, 4) is 0 Å². The van der Waals surface area contributed by atoms with E-state index < -0.39 is 5.60 Å². The highest BCUT2D eigenvalue weighted by atomic mass is 16.3. The molecule has 5 N–H and O–H groups in total. The maximum atomic E-state index is 9.39. The first kappa shape index (κ1) is 12.0. The highest BCUT2D eigenvalue weighted by Crippen LogP contribution is 2.02. The summed E-state index contributed by atoms with van der Waals surface area (Å²) in [5, 5.41) is 9.39. The number of allylic oxidation sites excluding steroid dienone is 2. The molecular formula is C9H19N3O. The summed E-state index contributed by atoms with van der Waals surface area (Å²) in [5.41, 5.74) is 12.0. The molecule has 0 heterocycles. The minimum Gasteiger partial charge on any atom is -0.401 e. The van der Waals surface area contributed by atoms with E-state index >= 15 is 0 Å². The van der Waals surface area contributed by atoms with Crippen molar-refractivity contribution < 1.29 is 5.11 Å². The number of hydrogen-bond donors (Lipinski definition) is 3. The van der Waals surface area contributed by atoms with Crippen molar-refractivity contribution in [3.05, 3.63) is 11.4 Å². The highest BCUT2D eigenvalue weighted by Gasteiger charge is 2.11. The zero-order valence-corrected chi connectivity index (χ0v) is 8.76. The van der Waals surface area contributed by atoms with Crippen LogP contribution in [0.4, 0.5) is 0 Å². The summed E-state index contributed by atoms with van der Waals surface area (Å²) in [4.78, 5) is 4.12. The lowest BCUT2D eigenvalue weighted by Crippen LogP contribution is -2.24. The van der Waals surface area contributed by atoms with Crippen molar-refractivity contribution in [1.82, 2.24) is 0 Å². The highest BCUT2D eigenvalue weighted by molar-refractivity contribution is 5.97. The van der Waals surface area contributed by atoms with Crippen molar-refractivity contribution in [2.75, 3.05) is 6.54 Å². The molecule has 0 aliphatic carbocycles. The predicted octanol–water partition coefficient (Wildman–Crippen LogP) is 0.367. The molecule has 4 nitrogen and oxygen atoms in total. The largest absolute Gasteiger partial charge is 0.401 e. The first-order valence-corrected chi connectivity index (χ1v) is 4.19. The summed E-state index contributed by atoms with van der Waals surface area (Å²) in [6.07, 6.45) is 0. The Morgan fingerprint density at radius 1 is 1.31 bits per heavy atom. The molecule has 0 saturated carbocycles. The SMILES string of the molecule is CC(=NCC(C)(C)O)C(N)=C(C)N. The Balaban J connectivity index is 4.45. The zero-order valence-electron chi connectivity index (χ0n) is 8.76. The van der Waals surface area contributed by atoms with Gasteiger partial charge in [-0.2, -0.15) is 0 Å². The van der Waals surface area contributed by atoms with Crippen LogP contribution in [0.2, 0.25) is 0 Å². The monoisotopic (exact) mass is 185 g/mol. The molecule has 0 aliphatic heterocycles. The van der Waals surface area contributed by atoms with Crippen molar-refractivity contribution >= 4 is 5.71 Å². The Morgan fingerprint density at radius 3 is 2.08 bits per heavy atom. The number of aliphatic hydroxyl groups is 1. The van der Waals surface area contributed by atoms with Crippen LogP contribution in [0.15, 0.2) is 16.4 Å². The van der Waals surface area contributed by atoms with E-state index in [1.165, 1.54) is 0 Å². The van der Waals surface area contributed by atoms with Crippen LogP contribution < -0.4 is 11.5 Å². The summed E-state index contributed by atoms with van der Waals surface area (Å²) in [5.74, 6) is 0. The molecule has 13 heavy (non-hydrogen) atoms. The number of nitrogens with zero attached hydrogens (tertiary/aromatic N) is 1. The van der Waals surface area contributed by atoms with Crippen LogP contribution in [-0.2, 0) is 0 Å². The first-order valence-electron chi connectivity index (χ1n) is 4.19. The lowest BCUT2D eigenvalue weighted by Gasteiger charge is -2.14. The topological polar surface area (TPSA) is 84.6 Å². The Hall–Kier alpha value is -1.03. The van der Waals surface area contributed by atoms with Gasteiger partial charge in [-0.05, 0) is 27.7 Å². The van der Waals surface area contributed by atoms with E-state index in [0.717, 1.165) is 0 Å². The average molecular weight is 185 g/mol. The molecule has 0 aromatic carbocycles. The van der Waals surface area contributed by atoms with Crippen LogP contribution in [0.1, 0.15) is 27.7 Å². The fourth-order valence-corrected chi connectivity index (χ4v) is 0.683. The predicted molar refractivity (Wildman–Crippen MR) is 55.3 cm³/mol. The van der Waals surface area contributed by atoms with Crippen LogP contribution in [0.5, 0.6) is 0 Å². The summed E-state index contributed by atoms with van der Waals surface area (Å²) < 4.78 is 0. The number of hydrogen-bond acceptors (Lipinski definition) is 4. The van der Waals surface area contributed by atoms with Crippen molar-refractivity contribution in [1.29, 1.82) is 0 Å². The molecule has 0 bridgehead atoms. The van der Waals surface area contributed by atoms with Gasteiger partial charge in [0.25, 0.3) is 0 Å². The van der Waals surface area contributed by atoms with Gasteiger partial charge in [-0.1, -0.05) is 0 Å². The van der Waals surface area contributed by atoms with Crippen LogP contribution in [0.3, 0.4) is 0 Å². The molecule has 0 rings (SSSR count). The summed E-state index contributed by atoms with van der Waals surface area (Å²) in [6.45, 7) is 7.21. The third-order valence-corrected chi connectivity index (χ3v) is 1.52. The summed E-state index contributed by atoms with van der Waals surface area (Å²) in [7, 11) is 0. The Kier molecular flexibility index (Phi) is 3.94. The smallest absolute Gasteiger partial charge is 0.0786 e. The van der Waals surface area contributed by atoms with Crippen molar-refractivity contribution in [3.63, 3.8) is 0 Å². The third kappa shape index (κ3) is 5.25. The van der Waals surface area contributed by atoms with Crippen molar-refractivity contribution in [2.45, 2.75) is 33.3 Å². The van der Waals surface area contributed by atoms with E-state index in [4.69, 9.17) is 11.5 Å². The maximum absolute atomic E-state index is 9.39. The fourth-order valence-electron chi connectivity index (χ4n) is 0.683. The molecule has 0 amide bonds. The Labute approximate surface area is 79.3 Å². The van der Waals surface area contributed by atoms with Crippen LogP contribution in [0, 0.1) is 0 Å². The van der Waals surface area contributed by atoms with Gasteiger partial charge < -0.3 is 16.6 Å². The first-order chi connectivity index (χ1) is 5.74. The number of rotatable bonds is 3. The molecular weight excluding hydrogens is 166 g/mol. The molecule has 0 unspecified atom stereocenters. The van der Waals surface area contributed by atoms with Crippen LogP contribution in [0.25, 0.3) is 0 Å². The van der Waals surface area contributed by atoms with Crippen LogP contribution >= 0.6 is 0 Å². The molecule has 0 aromatic rings. The molecule has 0 radical (unpaired) electrons. The Morgan fingerprint density at radius 2 is 1.77 bits per heavy atom. The average Bonchev–Trinajstić information content (AvgIpc) is 1.97. The molecule has 0 aliphatic rings. The molecule has 0 aromatic heterocycles. The molecule has 0 saturated heterocycles. The second-order valence-electron chi connectivity index (χ2n) is 3.81. The van der Waals surface area contributed by atoms with Gasteiger partial charge in [0.05, 0.1) is 23.6 Å². The van der Waals surface area contributed by atoms with E-state index in [0.29, 0.717) is 23.7 Å². The van der Waals surface area contributed by atoms with Gasteiger partial charge in [-0.25, -0.2) is 0 Å². The van der Waals surface area contributed by atoms with Crippen molar-refractivity contribution in [2.24, 2.45) is 16.5 Å². The van der Waals surface area contributed by atoms with E-state index in [9.17, 15) is 5.11 Å². The zero-order chi connectivity index (χ0) is 10.6. The maximum Gasteiger partial charge on any atom is 0.0786 e. The quantitative estimate of drug-likeness (QED) is 0.555. The van der Waals surface area contributed by atoms with Gasteiger partial charge in [0.2, 0.25) is 0 Å². The summed E-state index contributed by atoms with van der Waals surface area (Å²) >= 11 is 0. The van der Waals surface area contributed by atoms with Gasteiger partial charge in [0.15, 0.2) is 0 Å². The van der Waals surface area contributed by atoms with E-state index in [1.807, 2.05) is 0 Å². The molecule has 0 fully saturated rings. The minimum atomic E-state index is -0.802. The Bertz CT molecular complexity index is 232. The van der Waals surface area contributed by atoms with Gasteiger partial charge in [-0.3, -0.25) is 4.99 Å². The van der Waals surface area contributed by atoms with Gasteiger partial charge in [0, 0.05) is 5.70 Å². The minimum absolute atomic E-state index is 0.326. The van der Waals surface area contributed by atoms with Crippen LogP contribution in [-0.4, -0.2) is 23.0 Å². The van der Waals surface area contributed by atoms with E-state index in [1.54, 1.807) is 27.7 Å². The second-order valence-corrected chi connectivity index (χ2v) is 3.81. The van der Waals surface area contributed by atoms with E-state index in [-0.39, 0.29) is 0 Å². The molecule has 0 spiro atoms. The lowest BCUT2D eigenvalue weighted by atomic mass is 10.1. The standard InChI is InChI=1S/C9H19N3O/c1-6(10)8(11)7(2)12-5-9(3,4)13/h13H,5,10-11H2,1-4H3. The lowest BCUT2D eigenvalue weighted by molar-refractivity contribution is 0.0904. The van der Waals surface area contributed by atoms with Gasteiger partial charge >= 0.3 is 0 Å². The molecule has 4 heteroatoms. The summed E-state index contributed by atoms with van der Waals surface area (Å²) in [6, 6.07) is 0. The second kappa shape index (κ2) is 4.28. The number of nitrogens with two attached hydrogens (primary N) is 2. The molecule has 76 valence electrons. The number of aliphatic imine (C=N–C) groups is 1. The van der Waals surface area contributed by atoms with Gasteiger partial charge in [-0.15, -0.1) is 0 Å². The van der Waals surface area contributed by atoms with Gasteiger partial charge in [0.1, 0.15) is 0 Å². The normalized spacial score (nSPS) is 15.6. The fraction of sp³-hybridized carbons (Fsp3) is 0.667.